The molecule has 20 heavy (non-hydrogen) atoms. The molecule has 1 heterocycles. The van der Waals surface area contributed by atoms with Gasteiger partial charge in [0.05, 0.1) is 16.5 Å². The number of hydrogen-bond acceptors (Lipinski definition) is 5. The number of aryl methyl sites for hydroxylation is 2. The maximum Gasteiger partial charge on any atom is 0.152 e. The summed E-state index contributed by atoms with van der Waals surface area (Å²) >= 11 is 1.66. The summed E-state index contributed by atoms with van der Waals surface area (Å²) in [6.45, 7) is 4.07. The third kappa shape index (κ3) is 2.42. The summed E-state index contributed by atoms with van der Waals surface area (Å²) in [6.07, 6.45) is 6.27. The summed E-state index contributed by atoms with van der Waals surface area (Å²) in [7, 11) is -3.08. The molecule has 0 spiro atoms. The summed E-state index contributed by atoms with van der Waals surface area (Å²) in [5, 5.41) is 4.29. The summed E-state index contributed by atoms with van der Waals surface area (Å²) in [4.78, 5) is 5.89. The quantitative estimate of drug-likeness (QED) is 0.926. The molecule has 4 nitrogen and oxygen atoms in total. The molecule has 0 bridgehead atoms. The van der Waals surface area contributed by atoms with E-state index in [1.54, 1.807) is 11.3 Å². The molecule has 1 N–H and O–H groups in total. The monoisotopic (exact) mass is 314 g/mol. The third-order valence-corrected chi connectivity index (χ3v) is 7.48. The van der Waals surface area contributed by atoms with Gasteiger partial charge in [0.2, 0.25) is 0 Å². The topological polar surface area (TPSA) is 59.1 Å². The van der Waals surface area contributed by atoms with Gasteiger partial charge in [0, 0.05) is 17.2 Å². The molecule has 2 aliphatic rings. The van der Waals surface area contributed by atoms with E-state index in [0.717, 1.165) is 42.8 Å². The van der Waals surface area contributed by atoms with Crippen LogP contribution < -0.4 is 5.32 Å². The Kier molecular flexibility index (Phi) is 3.46. The first-order chi connectivity index (χ1) is 9.33. The maximum absolute atomic E-state index is 12.3. The Morgan fingerprint density at radius 3 is 2.50 bits per heavy atom. The number of thiazole rings is 1. The van der Waals surface area contributed by atoms with E-state index in [9.17, 15) is 8.42 Å². The first-order valence-electron chi connectivity index (χ1n) is 7.24. The first kappa shape index (κ1) is 14.5. The molecule has 0 aliphatic heterocycles. The molecule has 0 radical (unpaired) electrons. The van der Waals surface area contributed by atoms with Gasteiger partial charge in [-0.05, 0) is 46.0 Å². The van der Waals surface area contributed by atoms with Gasteiger partial charge < -0.3 is 5.32 Å². The van der Waals surface area contributed by atoms with Crippen molar-refractivity contribution in [3.05, 3.63) is 15.6 Å². The fraction of sp³-hybridized carbons (Fsp3) is 0.786. The lowest BCUT2D eigenvalue weighted by Gasteiger charge is -2.34. The predicted molar refractivity (Wildman–Crippen MR) is 81.9 cm³/mol. The number of rotatable bonds is 4. The predicted octanol–water partition coefficient (Wildman–Crippen LogP) is 2.30. The van der Waals surface area contributed by atoms with Crippen molar-refractivity contribution in [1.82, 2.24) is 10.3 Å². The Bertz CT molecular complexity index is 600. The van der Waals surface area contributed by atoms with E-state index in [1.165, 1.54) is 11.1 Å². The molecule has 0 saturated heterocycles. The van der Waals surface area contributed by atoms with Crippen molar-refractivity contribution in [3.8, 4) is 0 Å². The molecule has 2 aliphatic carbocycles. The minimum Gasteiger partial charge on any atom is -0.302 e. The molecule has 2 unspecified atom stereocenters. The molecule has 2 atom stereocenters. The standard InChI is InChI=1S/C14H22N2O2S2/c1-9-10(2)19-13(15-9)14(16-11-6-7-11)8-4-5-12(14)20(3,17)18/h11-12,16H,4-8H2,1-3H3. The second kappa shape index (κ2) is 4.78. The SMILES string of the molecule is Cc1nc(C2(NC3CC3)CCCC2S(C)(=O)=O)sc1C. The number of sulfone groups is 1. The lowest BCUT2D eigenvalue weighted by Crippen LogP contribution is -2.52. The second-order valence-corrected chi connectivity index (χ2v) is 9.69. The Hall–Kier alpha value is -0.460. The van der Waals surface area contributed by atoms with Crippen LogP contribution in [0, 0.1) is 13.8 Å². The van der Waals surface area contributed by atoms with Gasteiger partial charge in [-0.2, -0.15) is 0 Å². The second-order valence-electron chi connectivity index (χ2n) is 6.26. The number of aromatic nitrogens is 1. The van der Waals surface area contributed by atoms with E-state index in [0.29, 0.717) is 6.04 Å². The Morgan fingerprint density at radius 2 is 2.00 bits per heavy atom. The molecule has 1 aromatic heterocycles. The van der Waals surface area contributed by atoms with Gasteiger partial charge in [0.1, 0.15) is 5.01 Å². The van der Waals surface area contributed by atoms with Crippen LogP contribution in [0.5, 0.6) is 0 Å². The van der Waals surface area contributed by atoms with Gasteiger partial charge >= 0.3 is 0 Å². The van der Waals surface area contributed by atoms with Crippen LogP contribution in [0.1, 0.15) is 47.7 Å². The molecule has 0 aromatic carbocycles. The van der Waals surface area contributed by atoms with Gasteiger partial charge in [-0.1, -0.05) is 0 Å². The highest BCUT2D eigenvalue weighted by Crippen LogP contribution is 2.46. The molecular weight excluding hydrogens is 292 g/mol. The van der Waals surface area contributed by atoms with E-state index < -0.39 is 15.4 Å². The van der Waals surface area contributed by atoms with Crippen molar-refractivity contribution in [2.24, 2.45) is 0 Å². The van der Waals surface area contributed by atoms with Crippen molar-refractivity contribution in [2.75, 3.05) is 6.26 Å². The van der Waals surface area contributed by atoms with Crippen molar-refractivity contribution in [3.63, 3.8) is 0 Å². The summed E-state index contributed by atoms with van der Waals surface area (Å²) in [5.41, 5.74) is 0.583. The molecule has 2 fully saturated rings. The average Bonchev–Trinajstić information content (AvgIpc) is 2.91. The minimum atomic E-state index is -3.08. The Balaban J connectivity index is 2.07. The molecular formula is C14H22N2O2S2. The zero-order valence-corrected chi connectivity index (χ0v) is 13.9. The average molecular weight is 314 g/mol. The molecule has 0 amide bonds. The van der Waals surface area contributed by atoms with E-state index >= 15 is 0 Å². The summed E-state index contributed by atoms with van der Waals surface area (Å²) in [5.74, 6) is 0. The van der Waals surface area contributed by atoms with Crippen LogP contribution in [-0.4, -0.2) is 30.9 Å². The van der Waals surface area contributed by atoms with Crippen molar-refractivity contribution >= 4 is 21.2 Å². The summed E-state index contributed by atoms with van der Waals surface area (Å²) < 4.78 is 24.5. The zero-order chi connectivity index (χ0) is 14.5. The lowest BCUT2D eigenvalue weighted by molar-refractivity contribution is 0.336. The van der Waals surface area contributed by atoms with Crippen LogP contribution in [0.25, 0.3) is 0 Å². The third-order valence-electron chi connectivity index (χ3n) is 4.55. The highest BCUT2D eigenvalue weighted by atomic mass is 32.2. The molecule has 2 saturated carbocycles. The van der Waals surface area contributed by atoms with E-state index in [2.05, 4.69) is 12.2 Å². The van der Waals surface area contributed by atoms with Crippen LogP contribution in [0.2, 0.25) is 0 Å². The smallest absolute Gasteiger partial charge is 0.152 e. The highest BCUT2D eigenvalue weighted by molar-refractivity contribution is 7.91. The van der Waals surface area contributed by atoms with Crippen LogP contribution in [-0.2, 0) is 15.4 Å². The van der Waals surface area contributed by atoms with Crippen LogP contribution >= 0.6 is 11.3 Å². The molecule has 6 heteroatoms. The number of hydrogen-bond donors (Lipinski definition) is 1. The van der Waals surface area contributed by atoms with E-state index in [1.807, 2.05) is 6.92 Å². The zero-order valence-electron chi connectivity index (χ0n) is 12.3. The number of nitrogens with zero attached hydrogens (tertiary/aromatic N) is 1. The van der Waals surface area contributed by atoms with Gasteiger partial charge in [0.15, 0.2) is 9.84 Å². The molecule has 3 rings (SSSR count). The van der Waals surface area contributed by atoms with Gasteiger partial charge in [0.25, 0.3) is 0 Å². The van der Waals surface area contributed by atoms with Crippen LogP contribution in [0.15, 0.2) is 0 Å². The van der Waals surface area contributed by atoms with E-state index in [-0.39, 0.29) is 5.25 Å². The lowest BCUT2D eigenvalue weighted by atomic mass is 9.97. The number of nitrogens with one attached hydrogen (secondary N) is 1. The van der Waals surface area contributed by atoms with Crippen molar-refractivity contribution in [2.45, 2.75) is 62.8 Å². The van der Waals surface area contributed by atoms with Crippen molar-refractivity contribution < 1.29 is 8.42 Å². The molecule has 112 valence electrons. The fourth-order valence-corrected chi connectivity index (χ4v) is 6.13. The largest absolute Gasteiger partial charge is 0.302 e. The Labute approximate surface area is 124 Å². The van der Waals surface area contributed by atoms with Crippen LogP contribution in [0.4, 0.5) is 0 Å². The normalized spacial score (nSPS) is 30.9. The first-order valence-corrected chi connectivity index (χ1v) is 10.0. The fourth-order valence-electron chi connectivity index (χ4n) is 3.28. The van der Waals surface area contributed by atoms with Gasteiger partial charge in [-0.15, -0.1) is 11.3 Å². The summed E-state index contributed by atoms with van der Waals surface area (Å²) in [6, 6.07) is 0.474. The van der Waals surface area contributed by atoms with Crippen molar-refractivity contribution in [1.29, 1.82) is 0 Å². The van der Waals surface area contributed by atoms with Crippen LogP contribution in [0.3, 0.4) is 0 Å². The Morgan fingerprint density at radius 1 is 1.30 bits per heavy atom. The maximum atomic E-state index is 12.3. The van der Waals surface area contributed by atoms with E-state index in [4.69, 9.17) is 4.98 Å². The highest BCUT2D eigenvalue weighted by Gasteiger charge is 2.53. The molecule has 1 aromatic rings. The minimum absolute atomic E-state index is 0.333. The van der Waals surface area contributed by atoms with Gasteiger partial charge in [-0.25, -0.2) is 13.4 Å². The van der Waals surface area contributed by atoms with Gasteiger partial charge in [-0.3, -0.25) is 0 Å².